The zero-order valence-electron chi connectivity index (χ0n) is 20.5. The molecule has 0 aliphatic carbocycles. The third-order valence-corrected chi connectivity index (χ3v) is 8.97. The number of para-hydroxylation sites is 1. The minimum Gasteiger partial charge on any atom is -0.486 e. The highest BCUT2D eigenvalue weighted by Gasteiger charge is 2.29. The van der Waals surface area contributed by atoms with E-state index in [2.05, 4.69) is 23.6 Å². The van der Waals surface area contributed by atoms with Gasteiger partial charge in [-0.2, -0.15) is 4.31 Å². The van der Waals surface area contributed by atoms with Gasteiger partial charge in [-0.3, -0.25) is 0 Å². The second-order valence-corrected chi connectivity index (χ2v) is 11.3. The Morgan fingerprint density at radius 2 is 1.76 bits per heavy atom. The molecule has 3 heterocycles. The Balaban J connectivity index is 1.31. The molecule has 8 heteroatoms. The maximum Gasteiger partial charge on any atom is 0.243 e. The van der Waals surface area contributed by atoms with E-state index in [1.165, 1.54) is 10.4 Å². The summed E-state index contributed by atoms with van der Waals surface area (Å²) in [6.45, 7) is 4.16. The summed E-state index contributed by atoms with van der Waals surface area (Å²) in [6, 6.07) is 19.6. The maximum absolute atomic E-state index is 13.8. The molecule has 0 atom stereocenters. The fraction of sp³-hybridized carbons (Fsp3) is 0.241. The standard InChI is InChI=1S/C29H27FN2O4S/c1-20-29(25-7-2-3-8-26(25)32(20)19-21-5-4-6-23(30)17-21)22-11-13-31(14-12-22)37(33,34)24-9-10-27-28(18-24)36-16-15-35-27/h2-11,17-18H,12-16,19H2,1H3. The predicted octanol–water partition coefficient (Wildman–Crippen LogP) is 5.39. The van der Waals surface area contributed by atoms with Crippen LogP contribution in [0, 0.1) is 12.7 Å². The van der Waals surface area contributed by atoms with E-state index in [4.69, 9.17) is 9.47 Å². The lowest BCUT2D eigenvalue weighted by Crippen LogP contribution is -2.34. The summed E-state index contributed by atoms with van der Waals surface area (Å²) < 4.78 is 55.4. The second-order valence-electron chi connectivity index (χ2n) is 9.34. The molecule has 2 aliphatic rings. The van der Waals surface area contributed by atoms with Gasteiger partial charge in [0.1, 0.15) is 19.0 Å². The number of sulfonamides is 1. The minimum atomic E-state index is -3.68. The van der Waals surface area contributed by atoms with E-state index in [0.29, 0.717) is 44.2 Å². The van der Waals surface area contributed by atoms with E-state index in [9.17, 15) is 12.8 Å². The molecule has 6 nitrogen and oxygen atoms in total. The third kappa shape index (κ3) is 4.30. The second kappa shape index (κ2) is 9.36. The van der Waals surface area contributed by atoms with Gasteiger partial charge in [-0.1, -0.05) is 36.4 Å². The van der Waals surface area contributed by atoms with Crippen molar-refractivity contribution in [2.24, 2.45) is 0 Å². The van der Waals surface area contributed by atoms with Gasteiger partial charge < -0.3 is 14.0 Å². The van der Waals surface area contributed by atoms with E-state index in [0.717, 1.165) is 33.3 Å². The zero-order chi connectivity index (χ0) is 25.6. The van der Waals surface area contributed by atoms with Gasteiger partial charge in [0.05, 0.1) is 4.90 Å². The molecule has 1 aromatic heterocycles. The number of halogens is 1. The van der Waals surface area contributed by atoms with Crippen molar-refractivity contribution in [3.8, 4) is 11.5 Å². The smallest absolute Gasteiger partial charge is 0.243 e. The van der Waals surface area contributed by atoms with E-state index in [1.807, 2.05) is 24.3 Å². The molecule has 6 rings (SSSR count). The molecule has 0 unspecified atom stereocenters. The Morgan fingerprint density at radius 3 is 2.54 bits per heavy atom. The van der Waals surface area contributed by atoms with Crippen molar-refractivity contribution in [3.63, 3.8) is 0 Å². The summed E-state index contributed by atoms with van der Waals surface area (Å²) in [7, 11) is -3.68. The first kappa shape index (κ1) is 23.8. The molecule has 2 aliphatic heterocycles. The number of benzene rings is 3. The average Bonchev–Trinajstić information content (AvgIpc) is 3.19. The SMILES string of the molecule is Cc1c(C2=CCN(S(=O)(=O)c3ccc4c(c3)OCCO4)CC2)c2ccccc2n1Cc1cccc(F)c1. The van der Waals surface area contributed by atoms with E-state index < -0.39 is 10.0 Å². The highest BCUT2D eigenvalue weighted by Crippen LogP contribution is 2.37. The number of rotatable bonds is 5. The number of hydrogen-bond donors (Lipinski definition) is 0. The zero-order valence-corrected chi connectivity index (χ0v) is 21.3. The Kier molecular flexibility index (Phi) is 6.01. The van der Waals surface area contributed by atoms with E-state index in [-0.39, 0.29) is 17.3 Å². The lowest BCUT2D eigenvalue weighted by molar-refractivity contribution is 0.171. The molecular weight excluding hydrogens is 491 g/mol. The van der Waals surface area contributed by atoms with Gasteiger partial charge in [-0.05, 0) is 54.8 Å². The molecule has 4 aromatic rings. The number of hydrogen-bond acceptors (Lipinski definition) is 4. The average molecular weight is 519 g/mol. The van der Waals surface area contributed by atoms with Crippen molar-refractivity contribution >= 4 is 26.5 Å². The highest BCUT2D eigenvalue weighted by molar-refractivity contribution is 7.89. The number of aromatic nitrogens is 1. The van der Waals surface area contributed by atoms with Crippen molar-refractivity contribution in [3.05, 3.63) is 95.4 Å². The van der Waals surface area contributed by atoms with E-state index >= 15 is 0 Å². The molecule has 0 bridgehead atoms. The van der Waals surface area contributed by atoms with Crippen molar-refractivity contribution in [1.82, 2.24) is 8.87 Å². The summed E-state index contributed by atoms with van der Waals surface area (Å²) in [4.78, 5) is 0.205. The van der Waals surface area contributed by atoms with E-state index in [1.54, 1.807) is 30.3 Å². The maximum atomic E-state index is 13.8. The molecule has 3 aromatic carbocycles. The summed E-state index contributed by atoms with van der Waals surface area (Å²) in [6.07, 6.45) is 2.61. The van der Waals surface area contributed by atoms with Crippen LogP contribution in [0.4, 0.5) is 4.39 Å². The minimum absolute atomic E-state index is 0.205. The lowest BCUT2D eigenvalue weighted by atomic mass is 9.97. The quantitative estimate of drug-likeness (QED) is 0.356. The fourth-order valence-electron chi connectivity index (χ4n) is 5.29. The van der Waals surface area contributed by atoms with Crippen LogP contribution in [0.3, 0.4) is 0 Å². The van der Waals surface area contributed by atoms with Crippen LogP contribution >= 0.6 is 0 Å². The van der Waals surface area contributed by atoms with Gasteiger partial charge in [-0.15, -0.1) is 0 Å². The van der Waals surface area contributed by atoms with Crippen LogP contribution < -0.4 is 9.47 Å². The largest absolute Gasteiger partial charge is 0.486 e. The molecule has 0 amide bonds. The molecule has 190 valence electrons. The first-order valence-electron chi connectivity index (χ1n) is 12.3. The van der Waals surface area contributed by atoms with Gasteiger partial charge in [0.25, 0.3) is 0 Å². The summed E-state index contributed by atoms with van der Waals surface area (Å²) in [5, 5.41) is 1.12. The Morgan fingerprint density at radius 1 is 0.946 bits per heavy atom. The van der Waals surface area contributed by atoms with Crippen molar-refractivity contribution in [2.75, 3.05) is 26.3 Å². The number of fused-ring (bicyclic) bond motifs is 2. The first-order chi connectivity index (χ1) is 17.9. The lowest BCUT2D eigenvalue weighted by Gasteiger charge is -2.27. The fourth-order valence-corrected chi connectivity index (χ4v) is 6.68. The van der Waals surface area contributed by atoms with Crippen LogP contribution in [0.2, 0.25) is 0 Å². The normalized spacial score (nSPS) is 16.1. The van der Waals surface area contributed by atoms with Gasteiger partial charge in [0.2, 0.25) is 10.0 Å². The summed E-state index contributed by atoms with van der Waals surface area (Å²) >= 11 is 0. The first-order valence-corrected chi connectivity index (χ1v) is 13.8. The van der Waals surface area contributed by atoms with Crippen LogP contribution in [0.15, 0.2) is 77.7 Å². The molecule has 37 heavy (non-hydrogen) atoms. The summed E-state index contributed by atoms with van der Waals surface area (Å²) in [5.41, 5.74) is 5.31. The molecular formula is C29H27FN2O4S. The van der Waals surface area contributed by atoms with Crippen LogP contribution in [0.25, 0.3) is 16.5 Å². The highest BCUT2D eigenvalue weighted by atomic mass is 32.2. The topological polar surface area (TPSA) is 60.8 Å². The van der Waals surface area contributed by atoms with Crippen molar-refractivity contribution in [2.45, 2.75) is 24.8 Å². The third-order valence-electron chi connectivity index (χ3n) is 7.10. The van der Waals surface area contributed by atoms with Crippen LogP contribution in [-0.2, 0) is 16.6 Å². The van der Waals surface area contributed by atoms with Gasteiger partial charge in [0.15, 0.2) is 11.5 Å². The Bertz CT molecular complexity index is 1640. The van der Waals surface area contributed by atoms with Crippen molar-refractivity contribution < 1.29 is 22.3 Å². The molecule has 0 spiro atoms. The number of ether oxygens (including phenoxy) is 2. The molecule has 0 saturated heterocycles. The van der Waals surface area contributed by atoms with Gasteiger partial charge >= 0.3 is 0 Å². The van der Waals surface area contributed by atoms with Gasteiger partial charge in [-0.25, -0.2) is 12.8 Å². The Hall–Kier alpha value is -3.62. The molecule has 0 fully saturated rings. The monoisotopic (exact) mass is 518 g/mol. The van der Waals surface area contributed by atoms with Gasteiger partial charge in [0, 0.05) is 47.9 Å². The molecule has 0 saturated carbocycles. The van der Waals surface area contributed by atoms with Crippen molar-refractivity contribution in [1.29, 1.82) is 0 Å². The van der Waals surface area contributed by atoms with Crippen LogP contribution in [0.5, 0.6) is 11.5 Å². The Labute approximate surface area is 215 Å². The van der Waals surface area contributed by atoms with Crippen LogP contribution in [-0.4, -0.2) is 43.6 Å². The molecule has 0 N–H and O–H groups in total. The predicted molar refractivity (Wildman–Crippen MR) is 141 cm³/mol. The summed E-state index contributed by atoms with van der Waals surface area (Å²) in [5.74, 6) is 0.777. The number of nitrogens with zero attached hydrogens (tertiary/aromatic N) is 2. The molecule has 0 radical (unpaired) electrons. The van der Waals surface area contributed by atoms with Crippen LogP contribution in [0.1, 0.15) is 23.2 Å².